The van der Waals surface area contributed by atoms with E-state index in [0.717, 1.165) is 88.2 Å². The first-order valence-electron chi connectivity index (χ1n) is 18.3. The molecular formula is C44H52N4O6. The monoisotopic (exact) mass is 732 g/mol. The van der Waals surface area contributed by atoms with E-state index in [1.807, 2.05) is 96.1 Å². The van der Waals surface area contributed by atoms with Crippen LogP contribution in [-0.2, 0) is 14.3 Å². The van der Waals surface area contributed by atoms with Crippen LogP contribution in [0.2, 0.25) is 0 Å². The number of hydrogen-bond donors (Lipinski definition) is 3. The lowest BCUT2D eigenvalue weighted by Gasteiger charge is -2.33. The lowest BCUT2D eigenvalue weighted by molar-refractivity contribution is -0.149. The average Bonchev–Trinajstić information content (AvgIpc) is 3.12. The van der Waals surface area contributed by atoms with E-state index in [1.54, 1.807) is 25.3 Å². The van der Waals surface area contributed by atoms with Crippen molar-refractivity contribution in [3.05, 3.63) is 106 Å². The molecule has 1 aliphatic carbocycles. The Morgan fingerprint density at radius 3 is 1.76 bits per heavy atom. The highest BCUT2D eigenvalue weighted by Crippen LogP contribution is 2.32. The van der Waals surface area contributed by atoms with Crippen molar-refractivity contribution < 1.29 is 28.7 Å². The minimum atomic E-state index is -1.11. The van der Waals surface area contributed by atoms with Gasteiger partial charge < -0.3 is 25.4 Å². The van der Waals surface area contributed by atoms with E-state index in [2.05, 4.69) is 20.9 Å². The molecule has 10 nitrogen and oxygen atoms in total. The maximum atomic E-state index is 13.9. The Morgan fingerprint density at radius 1 is 0.685 bits per heavy atom. The molecule has 3 amide bonds. The molecule has 284 valence electrons. The molecule has 0 radical (unpaired) electrons. The normalized spacial score (nSPS) is 13.4. The zero-order chi connectivity index (χ0) is 39.4. The Balaban J connectivity index is 0.000000460. The van der Waals surface area contributed by atoms with Crippen molar-refractivity contribution in [3.8, 4) is 16.9 Å². The summed E-state index contributed by atoms with van der Waals surface area (Å²) in [5.41, 5.74) is 8.85. The number of carbonyl (C=O) groups excluding carboxylic acids is 4. The number of isocyanates is 1. The molecule has 0 heterocycles. The van der Waals surface area contributed by atoms with Crippen molar-refractivity contribution in [2.75, 3.05) is 24.9 Å². The molecule has 54 heavy (non-hydrogen) atoms. The van der Waals surface area contributed by atoms with Gasteiger partial charge in [0.1, 0.15) is 11.3 Å². The quantitative estimate of drug-likeness (QED) is 0.0938. The first-order valence-corrected chi connectivity index (χ1v) is 18.3. The fraction of sp³-hybridized carbons (Fsp3) is 0.364. The third kappa shape index (κ3) is 10.4. The topological polar surface area (TPSA) is 135 Å². The summed E-state index contributed by atoms with van der Waals surface area (Å²) in [4.78, 5) is 53.9. The molecule has 3 N–H and O–H groups in total. The third-order valence-corrected chi connectivity index (χ3v) is 9.78. The van der Waals surface area contributed by atoms with Gasteiger partial charge in [0.15, 0.2) is 0 Å². The number of urea groups is 1. The molecule has 4 aromatic carbocycles. The van der Waals surface area contributed by atoms with Gasteiger partial charge >= 0.3 is 12.0 Å². The van der Waals surface area contributed by atoms with Crippen LogP contribution in [0.3, 0.4) is 0 Å². The summed E-state index contributed by atoms with van der Waals surface area (Å²) in [6, 6.07) is 20.4. The number of nitrogens with one attached hydrogen (secondary N) is 3. The lowest BCUT2D eigenvalue weighted by atomic mass is 9.83. The maximum Gasteiger partial charge on any atom is 0.331 e. The number of rotatable bonds is 8. The van der Waals surface area contributed by atoms with Gasteiger partial charge in [-0.3, -0.25) is 4.79 Å². The number of aryl methyl sites for hydroxylation is 6. The molecule has 0 bridgehead atoms. The van der Waals surface area contributed by atoms with Gasteiger partial charge in [-0.1, -0.05) is 85.7 Å². The summed E-state index contributed by atoms with van der Waals surface area (Å²) in [5.74, 6) is -0.158. The minimum absolute atomic E-state index is 0.255. The molecule has 0 aliphatic heterocycles. The van der Waals surface area contributed by atoms with E-state index in [-0.39, 0.29) is 5.56 Å². The Hall–Kier alpha value is -5.73. The fourth-order valence-corrected chi connectivity index (χ4v) is 7.22. The second-order valence-electron chi connectivity index (χ2n) is 14.1. The summed E-state index contributed by atoms with van der Waals surface area (Å²) in [6.07, 6.45) is 7.30. The van der Waals surface area contributed by atoms with Gasteiger partial charge in [0, 0.05) is 5.69 Å². The summed E-state index contributed by atoms with van der Waals surface area (Å²) >= 11 is 0. The van der Waals surface area contributed by atoms with Crippen LogP contribution in [-0.4, -0.2) is 43.7 Å². The Morgan fingerprint density at radius 2 is 1.22 bits per heavy atom. The van der Waals surface area contributed by atoms with Crippen molar-refractivity contribution in [3.63, 3.8) is 0 Å². The van der Waals surface area contributed by atoms with Crippen molar-refractivity contribution in [2.24, 2.45) is 4.99 Å². The Kier molecular flexibility index (Phi) is 14.3. The molecule has 1 fully saturated rings. The summed E-state index contributed by atoms with van der Waals surface area (Å²) < 4.78 is 10.5. The third-order valence-electron chi connectivity index (χ3n) is 9.78. The van der Waals surface area contributed by atoms with Crippen molar-refractivity contribution >= 4 is 41.0 Å². The van der Waals surface area contributed by atoms with E-state index in [1.165, 1.54) is 12.7 Å². The molecule has 1 saturated carbocycles. The number of ether oxygens (including phenoxy) is 2. The molecule has 10 heteroatoms. The van der Waals surface area contributed by atoms with Crippen LogP contribution in [0.25, 0.3) is 11.1 Å². The van der Waals surface area contributed by atoms with Crippen LogP contribution in [0.5, 0.6) is 5.75 Å². The summed E-state index contributed by atoms with van der Waals surface area (Å²) in [5, 5.41) is 8.89. The maximum absolute atomic E-state index is 13.9. The molecule has 0 aromatic heterocycles. The predicted molar refractivity (Wildman–Crippen MR) is 215 cm³/mol. The van der Waals surface area contributed by atoms with Crippen LogP contribution in [0.1, 0.15) is 88.7 Å². The molecule has 0 atom stereocenters. The van der Waals surface area contributed by atoms with E-state index in [9.17, 15) is 19.2 Å². The molecular weight excluding hydrogens is 681 g/mol. The average molecular weight is 733 g/mol. The minimum Gasteiger partial charge on any atom is -0.497 e. The van der Waals surface area contributed by atoms with Gasteiger partial charge in [0.05, 0.1) is 31.2 Å². The van der Waals surface area contributed by atoms with E-state index >= 15 is 0 Å². The predicted octanol–water partition coefficient (Wildman–Crippen LogP) is 9.90. The number of methoxy groups -OCH3 is 2. The number of nitrogens with zero attached hydrogens (tertiary/aromatic N) is 1. The first-order chi connectivity index (χ1) is 25.8. The highest BCUT2D eigenvalue weighted by Gasteiger charge is 2.41. The molecule has 0 unspecified atom stereocenters. The molecule has 1 aliphatic rings. The number of esters is 1. The van der Waals surface area contributed by atoms with Gasteiger partial charge in [0.2, 0.25) is 6.08 Å². The van der Waals surface area contributed by atoms with Gasteiger partial charge in [0.25, 0.3) is 5.91 Å². The first kappa shape index (κ1) is 41.0. The standard InChI is InChI=1S/C34H41N3O5.C10H11NO/c1-22-19-23(2)30(24(3)20-22)36-33(40)35-29-21-26(25-11-14-27(41-4)15-12-25)13-16-28(29)31(38)37-34(32(39)42-5)17-9-7-6-8-10-18-34;1-7-4-8(2)10(11-6-12)9(3)5-7/h11-16,19-21H,6-10,17-18H2,1-5H3,(H,37,38)(H2,35,36,40);4-5H,1-3H3. The number of anilines is 2. The van der Waals surface area contributed by atoms with Gasteiger partial charge in [-0.25, -0.2) is 14.4 Å². The van der Waals surface area contributed by atoms with Gasteiger partial charge in [-0.15, -0.1) is 0 Å². The highest BCUT2D eigenvalue weighted by molar-refractivity contribution is 6.08. The number of benzene rings is 4. The smallest absolute Gasteiger partial charge is 0.331 e. The molecule has 0 spiro atoms. The summed E-state index contributed by atoms with van der Waals surface area (Å²) in [7, 11) is 2.96. The largest absolute Gasteiger partial charge is 0.497 e. The van der Waals surface area contributed by atoms with E-state index in [4.69, 9.17) is 9.47 Å². The highest BCUT2D eigenvalue weighted by atomic mass is 16.5. The van der Waals surface area contributed by atoms with Crippen LogP contribution < -0.4 is 20.7 Å². The Labute approximate surface area is 318 Å². The van der Waals surface area contributed by atoms with E-state index < -0.39 is 23.4 Å². The second kappa shape index (κ2) is 18.9. The lowest BCUT2D eigenvalue weighted by Crippen LogP contribution is -2.55. The Bertz CT molecular complexity index is 1980. The van der Waals surface area contributed by atoms with Gasteiger partial charge in [-0.2, -0.15) is 4.99 Å². The molecule has 5 rings (SSSR count). The van der Waals surface area contributed by atoms with Crippen molar-refractivity contribution in [2.45, 2.75) is 92.0 Å². The molecule has 4 aromatic rings. The zero-order valence-electron chi connectivity index (χ0n) is 32.7. The van der Waals surface area contributed by atoms with Crippen LogP contribution >= 0.6 is 0 Å². The molecule has 0 saturated heterocycles. The number of hydrogen-bond acceptors (Lipinski definition) is 7. The number of amides is 3. The zero-order valence-corrected chi connectivity index (χ0v) is 32.7. The van der Waals surface area contributed by atoms with Crippen LogP contribution in [0.15, 0.2) is 71.7 Å². The van der Waals surface area contributed by atoms with Gasteiger partial charge in [-0.05, 0) is 112 Å². The van der Waals surface area contributed by atoms with Crippen molar-refractivity contribution in [1.29, 1.82) is 0 Å². The van der Waals surface area contributed by atoms with Crippen LogP contribution in [0.4, 0.5) is 21.9 Å². The van der Waals surface area contributed by atoms with Crippen molar-refractivity contribution in [1.82, 2.24) is 5.32 Å². The van der Waals surface area contributed by atoms with Crippen LogP contribution in [0, 0.1) is 41.5 Å². The summed E-state index contributed by atoms with van der Waals surface area (Å²) in [6.45, 7) is 11.8. The second-order valence-corrected chi connectivity index (χ2v) is 14.1. The SMILES string of the molecule is COC(=O)C1(NC(=O)c2ccc(-c3ccc(OC)cc3)cc2NC(=O)Nc2c(C)cc(C)cc2C)CCCCCCC1.Cc1cc(C)c(N=C=O)c(C)c1. The number of aliphatic imine (C=N–C) groups is 1. The van der Waals surface area contributed by atoms with E-state index in [0.29, 0.717) is 18.5 Å². The fourth-order valence-electron chi connectivity index (χ4n) is 7.22. The number of carbonyl (C=O) groups is 3.